The van der Waals surface area contributed by atoms with Crippen LogP contribution < -0.4 is 0 Å². The number of hydrogen-bond donors (Lipinski definition) is 1. The fourth-order valence-electron chi connectivity index (χ4n) is 2.87. The minimum Gasteiger partial charge on any atom is -0.478 e. The van der Waals surface area contributed by atoms with Crippen LogP contribution in [0.3, 0.4) is 0 Å². The summed E-state index contributed by atoms with van der Waals surface area (Å²) < 4.78 is 13.2. The van der Waals surface area contributed by atoms with E-state index in [1.807, 2.05) is 0 Å². The summed E-state index contributed by atoms with van der Waals surface area (Å²) in [5.74, 6) is -1.55. The van der Waals surface area contributed by atoms with Gasteiger partial charge in [-0.05, 0) is 37.1 Å². The van der Waals surface area contributed by atoms with Gasteiger partial charge in [-0.2, -0.15) is 0 Å². The maximum atomic E-state index is 13.2. The van der Waals surface area contributed by atoms with Crippen LogP contribution in [0.15, 0.2) is 18.2 Å². The largest absolute Gasteiger partial charge is 0.478 e. The fraction of sp³-hybridized carbons (Fsp3) is 0.533. The first-order valence-electron chi connectivity index (χ1n) is 6.87. The molecule has 1 aromatic carbocycles. The van der Waals surface area contributed by atoms with E-state index >= 15 is 0 Å². The third-order valence-electron chi connectivity index (χ3n) is 3.92. The number of aromatic carboxylic acids is 1. The molecule has 0 saturated heterocycles. The lowest BCUT2D eigenvalue weighted by Gasteiger charge is -2.28. The number of nitrogens with zero attached hydrogens (tertiary/aromatic N) is 1. The third-order valence-corrected chi connectivity index (χ3v) is 3.92. The van der Waals surface area contributed by atoms with Crippen molar-refractivity contribution in [1.29, 1.82) is 0 Å². The summed E-state index contributed by atoms with van der Waals surface area (Å²) in [4.78, 5) is 13.5. The lowest BCUT2D eigenvalue weighted by Crippen LogP contribution is -2.33. The number of hydrogen-bond acceptors (Lipinski definition) is 2. The molecule has 1 N–H and O–H groups in total. The third kappa shape index (κ3) is 3.32. The van der Waals surface area contributed by atoms with Gasteiger partial charge in [-0.1, -0.05) is 25.8 Å². The van der Waals surface area contributed by atoms with Crippen LogP contribution in [-0.4, -0.2) is 28.6 Å². The zero-order chi connectivity index (χ0) is 13.8. The Kier molecular flexibility index (Phi) is 4.53. The van der Waals surface area contributed by atoms with E-state index in [0.717, 1.165) is 12.6 Å². The standard InChI is InChI=1S/C15H20FNO2/c1-2-17(13-5-3-4-6-13)10-11-7-8-12(16)9-14(11)15(18)19/h7-9,13H,2-6,10H2,1H3,(H,18,19). The molecule has 0 atom stereocenters. The van der Waals surface area contributed by atoms with Crippen molar-refractivity contribution < 1.29 is 14.3 Å². The van der Waals surface area contributed by atoms with Gasteiger partial charge in [-0.15, -0.1) is 0 Å². The molecule has 1 fully saturated rings. The molecule has 2 rings (SSSR count). The van der Waals surface area contributed by atoms with Crippen LogP contribution in [0.25, 0.3) is 0 Å². The van der Waals surface area contributed by atoms with E-state index < -0.39 is 11.8 Å². The van der Waals surface area contributed by atoms with Gasteiger partial charge in [0.25, 0.3) is 0 Å². The summed E-state index contributed by atoms with van der Waals surface area (Å²) in [5.41, 5.74) is 0.777. The second kappa shape index (κ2) is 6.15. The molecule has 19 heavy (non-hydrogen) atoms. The normalized spacial score (nSPS) is 16.2. The quantitative estimate of drug-likeness (QED) is 0.888. The summed E-state index contributed by atoms with van der Waals surface area (Å²) in [6, 6.07) is 4.58. The molecule has 1 saturated carbocycles. The Hall–Kier alpha value is -1.42. The van der Waals surface area contributed by atoms with Gasteiger partial charge in [0.1, 0.15) is 5.82 Å². The van der Waals surface area contributed by atoms with E-state index in [0.29, 0.717) is 18.2 Å². The second-order valence-electron chi connectivity index (χ2n) is 5.11. The SMILES string of the molecule is CCN(Cc1ccc(F)cc1C(=O)O)C1CCCC1. The van der Waals surface area contributed by atoms with E-state index in [1.54, 1.807) is 6.07 Å². The molecule has 0 spiro atoms. The molecule has 1 aliphatic carbocycles. The number of halogens is 1. The smallest absolute Gasteiger partial charge is 0.336 e. The van der Waals surface area contributed by atoms with Crippen molar-refractivity contribution in [2.75, 3.05) is 6.54 Å². The van der Waals surface area contributed by atoms with Crippen molar-refractivity contribution in [3.8, 4) is 0 Å². The maximum absolute atomic E-state index is 13.2. The average molecular weight is 265 g/mol. The first-order chi connectivity index (χ1) is 9.11. The second-order valence-corrected chi connectivity index (χ2v) is 5.11. The summed E-state index contributed by atoms with van der Waals surface area (Å²) in [7, 11) is 0. The van der Waals surface area contributed by atoms with Gasteiger partial charge in [0.05, 0.1) is 5.56 Å². The molecule has 0 radical (unpaired) electrons. The van der Waals surface area contributed by atoms with E-state index in [-0.39, 0.29) is 5.56 Å². The number of benzene rings is 1. The predicted octanol–water partition coefficient (Wildman–Crippen LogP) is 3.29. The number of carbonyl (C=O) groups is 1. The van der Waals surface area contributed by atoms with Gasteiger partial charge in [0.2, 0.25) is 0 Å². The molecular formula is C15H20FNO2. The minimum absolute atomic E-state index is 0.0800. The Labute approximate surface area is 113 Å². The zero-order valence-corrected chi connectivity index (χ0v) is 11.2. The highest BCUT2D eigenvalue weighted by Crippen LogP contribution is 2.25. The van der Waals surface area contributed by atoms with Gasteiger partial charge in [-0.25, -0.2) is 9.18 Å². The molecule has 0 aromatic heterocycles. The molecule has 104 valence electrons. The van der Waals surface area contributed by atoms with Crippen LogP contribution in [0.4, 0.5) is 4.39 Å². The topological polar surface area (TPSA) is 40.5 Å². The Morgan fingerprint density at radius 2 is 2.11 bits per heavy atom. The Bertz CT molecular complexity index is 455. The van der Waals surface area contributed by atoms with Crippen LogP contribution in [0.5, 0.6) is 0 Å². The summed E-state index contributed by atoms with van der Waals surface area (Å²) in [6.07, 6.45) is 4.85. The van der Waals surface area contributed by atoms with Crippen molar-refractivity contribution in [3.63, 3.8) is 0 Å². The molecule has 0 unspecified atom stereocenters. The van der Waals surface area contributed by atoms with E-state index in [1.165, 1.54) is 31.7 Å². The van der Waals surface area contributed by atoms with Crippen LogP contribution >= 0.6 is 0 Å². The fourth-order valence-corrected chi connectivity index (χ4v) is 2.87. The van der Waals surface area contributed by atoms with E-state index in [2.05, 4.69) is 11.8 Å². The van der Waals surface area contributed by atoms with Crippen molar-refractivity contribution in [2.45, 2.75) is 45.2 Å². The molecule has 4 heteroatoms. The Morgan fingerprint density at radius 3 is 2.68 bits per heavy atom. The predicted molar refractivity (Wildman–Crippen MR) is 71.7 cm³/mol. The van der Waals surface area contributed by atoms with Crippen LogP contribution in [0.1, 0.15) is 48.5 Å². The zero-order valence-electron chi connectivity index (χ0n) is 11.2. The first kappa shape index (κ1) is 14.0. The molecule has 3 nitrogen and oxygen atoms in total. The van der Waals surface area contributed by atoms with Crippen LogP contribution in [-0.2, 0) is 6.54 Å². The molecule has 1 aliphatic rings. The van der Waals surface area contributed by atoms with Crippen molar-refractivity contribution in [2.24, 2.45) is 0 Å². The Morgan fingerprint density at radius 1 is 1.42 bits per heavy atom. The molecule has 0 bridgehead atoms. The summed E-state index contributed by atoms with van der Waals surface area (Å²) in [6.45, 7) is 3.56. The van der Waals surface area contributed by atoms with Crippen LogP contribution in [0, 0.1) is 5.82 Å². The van der Waals surface area contributed by atoms with Gasteiger partial charge in [0, 0.05) is 12.6 Å². The van der Waals surface area contributed by atoms with Crippen molar-refractivity contribution >= 4 is 5.97 Å². The number of rotatable bonds is 5. The minimum atomic E-state index is -1.06. The molecule has 0 heterocycles. The maximum Gasteiger partial charge on any atom is 0.336 e. The van der Waals surface area contributed by atoms with Crippen molar-refractivity contribution in [1.82, 2.24) is 4.90 Å². The molecule has 1 aromatic rings. The Balaban J connectivity index is 2.18. The first-order valence-corrected chi connectivity index (χ1v) is 6.87. The monoisotopic (exact) mass is 265 g/mol. The molecule has 0 amide bonds. The highest BCUT2D eigenvalue weighted by atomic mass is 19.1. The number of carboxylic acid groups (broad SMARTS) is 1. The summed E-state index contributed by atoms with van der Waals surface area (Å²) in [5, 5.41) is 9.16. The lowest BCUT2D eigenvalue weighted by atomic mass is 10.1. The molecular weight excluding hydrogens is 245 g/mol. The highest BCUT2D eigenvalue weighted by molar-refractivity contribution is 5.89. The average Bonchev–Trinajstić information content (AvgIpc) is 2.90. The van der Waals surface area contributed by atoms with Crippen LogP contribution in [0.2, 0.25) is 0 Å². The van der Waals surface area contributed by atoms with E-state index in [9.17, 15) is 9.18 Å². The summed E-state index contributed by atoms with van der Waals surface area (Å²) >= 11 is 0. The van der Waals surface area contributed by atoms with E-state index in [4.69, 9.17) is 5.11 Å². The van der Waals surface area contributed by atoms with Gasteiger partial charge >= 0.3 is 5.97 Å². The van der Waals surface area contributed by atoms with Gasteiger partial charge < -0.3 is 5.11 Å². The molecule has 0 aliphatic heterocycles. The number of carboxylic acids is 1. The van der Waals surface area contributed by atoms with Gasteiger partial charge in [0.15, 0.2) is 0 Å². The lowest BCUT2D eigenvalue weighted by molar-refractivity contribution is 0.0693. The van der Waals surface area contributed by atoms with Gasteiger partial charge in [-0.3, -0.25) is 4.90 Å². The van der Waals surface area contributed by atoms with Crippen molar-refractivity contribution in [3.05, 3.63) is 35.1 Å². The highest BCUT2D eigenvalue weighted by Gasteiger charge is 2.23.